The van der Waals surface area contributed by atoms with Gasteiger partial charge in [0.2, 0.25) is 0 Å². The zero-order valence-corrected chi connectivity index (χ0v) is 14.6. The van der Waals surface area contributed by atoms with Gasteiger partial charge in [0.05, 0.1) is 25.7 Å². The van der Waals surface area contributed by atoms with E-state index >= 15 is 0 Å². The molecule has 8 heteroatoms. The van der Waals surface area contributed by atoms with Crippen LogP contribution in [0.15, 0.2) is 0 Å². The Morgan fingerprint density at radius 3 is 2.32 bits per heavy atom. The topological polar surface area (TPSA) is 103 Å². The molecule has 0 aliphatic heterocycles. The molecule has 3 atom stereocenters. The van der Waals surface area contributed by atoms with Crippen LogP contribution in [-0.4, -0.2) is 58.7 Å². The highest BCUT2D eigenvalue weighted by molar-refractivity contribution is 7.44. The molecule has 0 aromatic heterocycles. The van der Waals surface area contributed by atoms with Gasteiger partial charge in [0, 0.05) is 18.5 Å². The van der Waals surface area contributed by atoms with Crippen LogP contribution in [0.4, 0.5) is 0 Å². The summed E-state index contributed by atoms with van der Waals surface area (Å²) in [6, 6.07) is 2.24. The van der Waals surface area contributed by atoms with E-state index in [2.05, 4.69) is 0 Å². The Kier molecular flexibility index (Phi) is 11.6. The molecule has 0 rings (SSSR count). The molecule has 0 radical (unpaired) electrons. The van der Waals surface area contributed by atoms with E-state index in [0.717, 1.165) is 0 Å². The monoisotopic (exact) mass is 334 g/mol. The third kappa shape index (κ3) is 7.59. The van der Waals surface area contributed by atoms with Crippen molar-refractivity contribution < 1.29 is 24.1 Å². The van der Waals surface area contributed by atoms with E-state index in [4.69, 9.17) is 19.4 Å². The molecule has 0 aliphatic rings. The Hall–Kier alpha value is -0.610. The summed E-state index contributed by atoms with van der Waals surface area (Å²) in [5.74, 6) is 0. The van der Waals surface area contributed by atoms with Crippen molar-refractivity contribution in [2.45, 2.75) is 64.8 Å². The van der Waals surface area contributed by atoms with Crippen LogP contribution >= 0.6 is 8.53 Å². The van der Waals surface area contributed by atoms with Crippen LogP contribution in [0, 0.1) is 11.3 Å². The lowest BCUT2D eigenvalue weighted by Crippen LogP contribution is -2.38. The van der Waals surface area contributed by atoms with Gasteiger partial charge in [0.25, 0.3) is 8.53 Å². The number of nitriles is 1. The summed E-state index contributed by atoms with van der Waals surface area (Å²) in [5, 5.41) is 27.5. The summed E-state index contributed by atoms with van der Waals surface area (Å²) in [7, 11) is -1.55. The minimum Gasteiger partial charge on any atom is -0.394 e. The summed E-state index contributed by atoms with van der Waals surface area (Å²) in [6.07, 6.45) is -1.16. The maximum absolute atomic E-state index is 10.8. The molecule has 0 saturated carbocycles. The predicted octanol–water partition coefficient (Wildman–Crippen LogP) is 1.59. The quantitative estimate of drug-likeness (QED) is 0.317. The van der Waals surface area contributed by atoms with Crippen LogP contribution in [0.2, 0.25) is 0 Å². The number of aliphatic hydroxyl groups is 2. The number of carbonyl (C=O) groups excluding carboxylic acids is 1. The van der Waals surface area contributed by atoms with Crippen LogP contribution in [-0.2, 0) is 13.8 Å². The number of rotatable bonds is 12. The lowest BCUT2D eigenvalue weighted by Gasteiger charge is -2.37. The van der Waals surface area contributed by atoms with E-state index in [9.17, 15) is 9.90 Å². The van der Waals surface area contributed by atoms with E-state index in [1.165, 1.54) is 0 Å². The summed E-state index contributed by atoms with van der Waals surface area (Å²) in [6.45, 7) is 7.67. The lowest BCUT2D eigenvalue weighted by molar-refractivity contribution is -0.111. The zero-order chi connectivity index (χ0) is 17.1. The molecule has 22 heavy (non-hydrogen) atoms. The van der Waals surface area contributed by atoms with Gasteiger partial charge in [-0.2, -0.15) is 5.26 Å². The third-order valence-electron chi connectivity index (χ3n) is 2.83. The van der Waals surface area contributed by atoms with E-state index < -0.39 is 27.3 Å². The SMILES string of the molecule is CC(C)N(C(C)C)P(OCCC#N)O[C@@H](CC=O)[C@H](O)CO. The van der Waals surface area contributed by atoms with Gasteiger partial charge in [-0.25, -0.2) is 4.67 Å². The highest BCUT2D eigenvalue weighted by Gasteiger charge is 2.32. The van der Waals surface area contributed by atoms with Crippen molar-refractivity contribution in [3.05, 3.63) is 0 Å². The van der Waals surface area contributed by atoms with Gasteiger partial charge in [-0.3, -0.25) is 0 Å². The molecular formula is C14H27N2O5P. The van der Waals surface area contributed by atoms with Crippen LogP contribution in [0.1, 0.15) is 40.5 Å². The van der Waals surface area contributed by atoms with Gasteiger partial charge in [0.1, 0.15) is 18.5 Å². The number of aliphatic hydroxyl groups excluding tert-OH is 2. The molecule has 0 aromatic rings. The van der Waals surface area contributed by atoms with E-state index in [0.29, 0.717) is 6.29 Å². The number of hydrogen-bond donors (Lipinski definition) is 2. The molecule has 1 unspecified atom stereocenters. The Labute approximate surface area is 133 Å². The van der Waals surface area contributed by atoms with E-state index in [1.807, 2.05) is 38.4 Å². The predicted molar refractivity (Wildman–Crippen MR) is 83.9 cm³/mol. The second-order valence-electron chi connectivity index (χ2n) is 5.34. The Bertz CT molecular complexity index is 341. The standard InChI is InChI=1S/C14H27N2O5P/c1-11(2)16(12(3)4)22(20-9-5-7-15)21-14(6-8-17)13(19)10-18/h8,11-14,18-19H,5-6,9-10H2,1-4H3/t13-,14+,22?/m1/s1. The molecule has 0 saturated heterocycles. The lowest BCUT2D eigenvalue weighted by atomic mass is 10.2. The van der Waals surface area contributed by atoms with Gasteiger partial charge in [-0.1, -0.05) is 0 Å². The molecule has 0 heterocycles. The first-order valence-electron chi connectivity index (χ1n) is 7.36. The fourth-order valence-corrected chi connectivity index (χ4v) is 3.66. The van der Waals surface area contributed by atoms with Crippen LogP contribution in [0.5, 0.6) is 0 Å². The molecule has 0 aliphatic carbocycles. The molecule has 0 aromatic carbocycles. The Balaban J connectivity index is 5.09. The van der Waals surface area contributed by atoms with Gasteiger partial charge in [0.15, 0.2) is 0 Å². The van der Waals surface area contributed by atoms with Crippen molar-refractivity contribution in [3.8, 4) is 6.07 Å². The highest BCUT2D eigenvalue weighted by atomic mass is 31.2. The van der Waals surface area contributed by atoms with Gasteiger partial charge in [-0.15, -0.1) is 0 Å². The Morgan fingerprint density at radius 2 is 1.91 bits per heavy atom. The second kappa shape index (κ2) is 11.9. The van der Waals surface area contributed by atoms with Crippen molar-refractivity contribution in [2.75, 3.05) is 13.2 Å². The molecule has 0 fully saturated rings. The normalized spacial score (nSPS) is 15.8. The molecule has 128 valence electrons. The fraction of sp³-hybridized carbons (Fsp3) is 0.857. The number of nitrogens with zero attached hydrogens (tertiary/aromatic N) is 2. The smallest absolute Gasteiger partial charge is 0.259 e. The molecule has 0 amide bonds. The molecule has 0 spiro atoms. The first-order chi connectivity index (χ1) is 10.4. The summed E-state index contributed by atoms with van der Waals surface area (Å²) in [4.78, 5) is 10.8. The summed E-state index contributed by atoms with van der Waals surface area (Å²) in [5.41, 5.74) is 0. The molecule has 7 nitrogen and oxygen atoms in total. The molecule has 2 N–H and O–H groups in total. The number of hydrogen-bond acceptors (Lipinski definition) is 7. The van der Waals surface area contributed by atoms with Crippen molar-refractivity contribution in [1.29, 1.82) is 5.26 Å². The summed E-state index contributed by atoms with van der Waals surface area (Å²) >= 11 is 0. The number of carbonyl (C=O) groups is 1. The first-order valence-corrected chi connectivity index (χ1v) is 8.49. The van der Waals surface area contributed by atoms with Crippen LogP contribution < -0.4 is 0 Å². The average Bonchev–Trinajstić information content (AvgIpc) is 2.45. The number of aldehydes is 1. The minimum absolute atomic E-state index is 0.0355. The summed E-state index contributed by atoms with van der Waals surface area (Å²) < 4.78 is 13.5. The van der Waals surface area contributed by atoms with Crippen molar-refractivity contribution >= 4 is 14.8 Å². The maximum Gasteiger partial charge on any atom is 0.259 e. The zero-order valence-electron chi connectivity index (χ0n) is 13.7. The molecule has 0 bridgehead atoms. The van der Waals surface area contributed by atoms with Gasteiger partial charge in [-0.05, 0) is 27.7 Å². The van der Waals surface area contributed by atoms with Crippen molar-refractivity contribution in [2.24, 2.45) is 0 Å². The minimum atomic E-state index is -1.55. The third-order valence-corrected chi connectivity index (χ3v) is 4.99. The highest BCUT2D eigenvalue weighted by Crippen LogP contribution is 2.47. The van der Waals surface area contributed by atoms with E-state index in [1.54, 1.807) is 0 Å². The maximum atomic E-state index is 10.8. The molecular weight excluding hydrogens is 307 g/mol. The van der Waals surface area contributed by atoms with Gasteiger partial charge < -0.3 is 24.1 Å². The first kappa shape index (κ1) is 21.4. The Morgan fingerprint density at radius 1 is 1.32 bits per heavy atom. The largest absolute Gasteiger partial charge is 0.394 e. The van der Waals surface area contributed by atoms with E-state index in [-0.39, 0.29) is 31.5 Å². The second-order valence-corrected chi connectivity index (χ2v) is 6.75. The van der Waals surface area contributed by atoms with Crippen LogP contribution in [0.25, 0.3) is 0 Å². The van der Waals surface area contributed by atoms with Crippen molar-refractivity contribution in [1.82, 2.24) is 4.67 Å². The fourth-order valence-electron chi connectivity index (χ4n) is 1.89. The van der Waals surface area contributed by atoms with Crippen LogP contribution in [0.3, 0.4) is 0 Å². The van der Waals surface area contributed by atoms with Crippen molar-refractivity contribution in [3.63, 3.8) is 0 Å². The average molecular weight is 334 g/mol. The van der Waals surface area contributed by atoms with Gasteiger partial charge >= 0.3 is 0 Å².